The summed E-state index contributed by atoms with van der Waals surface area (Å²) in [5, 5.41) is 22.3. The monoisotopic (exact) mass is 610 g/mol. The van der Waals surface area contributed by atoms with Crippen molar-refractivity contribution in [2.24, 2.45) is 4.99 Å². The molecule has 0 amide bonds. The van der Waals surface area contributed by atoms with Gasteiger partial charge in [0.2, 0.25) is 0 Å². The van der Waals surface area contributed by atoms with Crippen LogP contribution in [0.3, 0.4) is 0 Å². The first-order valence-corrected chi connectivity index (χ1v) is 12.7. The number of esters is 1. The van der Waals surface area contributed by atoms with Crippen LogP contribution >= 0.6 is 11.6 Å². The van der Waals surface area contributed by atoms with Crippen LogP contribution in [0.5, 0.6) is 11.5 Å². The van der Waals surface area contributed by atoms with Gasteiger partial charge in [-0.15, -0.1) is 0 Å². The van der Waals surface area contributed by atoms with Gasteiger partial charge in [0.15, 0.2) is 17.5 Å². The van der Waals surface area contributed by atoms with E-state index in [1.165, 1.54) is 27.2 Å². The van der Waals surface area contributed by atoms with E-state index in [1.807, 2.05) is 0 Å². The molecule has 8 nitrogen and oxygen atoms in total. The largest absolute Gasteiger partial charge is 0.506 e. The Morgan fingerprint density at radius 2 is 1.76 bits per heavy atom. The Labute approximate surface area is 243 Å². The molecule has 3 aromatic rings. The predicted molar refractivity (Wildman–Crippen MR) is 150 cm³/mol. The molecule has 0 aliphatic carbocycles. The fourth-order valence-electron chi connectivity index (χ4n) is 3.88. The Morgan fingerprint density at radius 1 is 1.05 bits per heavy atom. The molecule has 0 aromatic heterocycles. The molecule has 0 saturated carbocycles. The minimum absolute atomic E-state index is 0.00254. The zero-order valence-corrected chi connectivity index (χ0v) is 23.7. The van der Waals surface area contributed by atoms with E-state index in [0.29, 0.717) is 17.1 Å². The van der Waals surface area contributed by atoms with Crippen LogP contribution in [-0.4, -0.2) is 43.2 Å². The Balaban J connectivity index is 2.08. The van der Waals surface area contributed by atoms with E-state index < -0.39 is 63.3 Å². The van der Waals surface area contributed by atoms with Crippen molar-refractivity contribution in [1.82, 2.24) is 0 Å². The van der Waals surface area contributed by atoms with E-state index in [1.54, 1.807) is 18.2 Å². The molecule has 0 radical (unpaired) electrons. The molecular formula is C29H27ClF4N2O6. The minimum Gasteiger partial charge on any atom is -0.506 e. The summed E-state index contributed by atoms with van der Waals surface area (Å²) in [5.41, 5.74) is -1.72. The molecule has 0 spiro atoms. The average molecular weight is 611 g/mol. The van der Waals surface area contributed by atoms with E-state index in [2.05, 4.69) is 10.3 Å². The number of aliphatic hydroxyl groups excluding tert-OH is 2. The molecule has 3 rings (SSSR count). The molecule has 42 heavy (non-hydrogen) atoms. The van der Waals surface area contributed by atoms with Crippen LogP contribution in [-0.2, 0) is 22.7 Å². The van der Waals surface area contributed by atoms with Crippen molar-refractivity contribution in [3.8, 4) is 11.5 Å². The van der Waals surface area contributed by atoms with Crippen molar-refractivity contribution in [1.29, 1.82) is 0 Å². The van der Waals surface area contributed by atoms with Gasteiger partial charge in [0.1, 0.15) is 33.7 Å². The Kier molecular flexibility index (Phi) is 10.8. The lowest BCUT2D eigenvalue weighted by molar-refractivity contribution is -0.137. The van der Waals surface area contributed by atoms with Gasteiger partial charge in [0.25, 0.3) is 0 Å². The SMILES string of the molecule is CCOC(=O)C(C=Nc1cc(NCc2ccc(OC)cc2OC)c(F)cc1CO)=C(O)c1c(C)c(F)c(F)c(Cl)c1F. The lowest BCUT2D eigenvalue weighted by Gasteiger charge is -2.14. The summed E-state index contributed by atoms with van der Waals surface area (Å²) in [6.45, 7) is 1.72. The summed E-state index contributed by atoms with van der Waals surface area (Å²) in [6.07, 6.45) is 0.768. The maximum Gasteiger partial charge on any atom is 0.343 e. The van der Waals surface area contributed by atoms with E-state index in [9.17, 15) is 32.6 Å². The standard InChI is InChI=1S/C29H27ClF4N2O6/c1-5-42-29(39)18(28(38)23-14(2)25(32)27(34)24(30)26(23)33)12-36-20-10-21(19(31)8-16(20)13-37)35-11-15-6-7-17(40-3)9-22(15)41-4/h6-10,12,35,37-38H,5,11,13H2,1-4H3. The summed E-state index contributed by atoms with van der Waals surface area (Å²) in [6, 6.07) is 7.30. The molecule has 13 heteroatoms. The Morgan fingerprint density at radius 3 is 2.38 bits per heavy atom. The van der Waals surface area contributed by atoms with Gasteiger partial charge in [-0.05, 0) is 38.1 Å². The topological polar surface area (TPSA) is 110 Å². The van der Waals surface area contributed by atoms with Crippen molar-refractivity contribution in [3.05, 3.63) is 86.5 Å². The Bertz CT molecular complexity index is 1530. The third-order valence-electron chi connectivity index (χ3n) is 6.12. The van der Waals surface area contributed by atoms with Crippen LogP contribution in [0.1, 0.15) is 29.2 Å². The molecule has 0 saturated heterocycles. The number of methoxy groups -OCH3 is 2. The zero-order valence-electron chi connectivity index (χ0n) is 22.9. The molecule has 224 valence electrons. The van der Waals surface area contributed by atoms with Gasteiger partial charge < -0.3 is 29.7 Å². The highest BCUT2D eigenvalue weighted by Crippen LogP contribution is 2.34. The van der Waals surface area contributed by atoms with Gasteiger partial charge in [0.05, 0.1) is 44.4 Å². The highest BCUT2D eigenvalue weighted by atomic mass is 35.5. The summed E-state index contributed by atoms with van der Waals surface area (Å²) in [4.78, 5) is 16.8. The predicted octanol–water partition coefficient (Wildman–Crippen LogP) is 6.56. The molecular weight excluding hydrogens is 584 g/mol. The van der Waals surface area contributed by atoms with Crippen LogP contribution in [0.2, 0.25) is 5.02 Å². The van der Waals surface area contributed by atoms with Crippen LogP contribution in [0.4, 0.5) is 28.9 Å². The first-order valence-electron chi connectivity index (χ1n) is 12.3. The van der Waals surface area contributed by atoms with E-state index >= 15 is 0 Å². The number of ether oxygens (including phenoxy) is 3. The number of carbonyl (C=O) groups is 1. The van der Waals surface area contributed by atoms with Gasteiger partial charge in [-0.1, -0.05) is 11.6 Å². The fourth-order valence-corrected chi connectivity index (χ4v) is 4.06. The number of rotatable bonds is 11. The van der Waals surface area contributed by atoms with Crippen molar-refractivity contribution >= 4 is 40.9 Å². The molecule has 3 aromatic carbocycles. The van der Waals surface area contributed by atoms with Crippen molar-refractivity contribution in [2.45, 2.75) is 27.0 Å². The van der Waals surface area contributed by atoms with Gasteiger partial charge in [-0.3, -0.25) is 4.99 Å². The van der Waals surface area contributed by atoms with Gasteiger partial charge in [-0.2, -0.15) is 0 Å². The number of nitrogens with zero attached hydrogens (tertiary/aromatic N) is 1. The van der Waals surface area contributed by atoms with Gasteiger partial charge in [-0.25, -0.2) is 22.4 Å². The van der Waals surface area contributed by atoms with E-state index in [0.717, 1.165) is 19.2 Å². The van der Waals surface area contributed by atoms with Crippen molar-refractivity contribution in [3.63, 3.8) is 0 Å². The molecule has 0 aliphatic heterocycles. The lowest BCUT2D eigenvalue weighted by atomic mass is 10.0. The first kappa shape index (κ1) is 32.2. The highest BCUT2D eigenvalue weighted by molar-refractivity contribution is 6.31. The number of hydrogen-bond acceptors (Lipinski definition) is 8. The molecule has 0 unspecified atom stereocenters. The smallest absolute Gasteiger partial charge is 0.343 e. The van der Waals surface area contributed by atoms with Crippen LogP contribution in [0.15, 0.2) is 40.9 Å². The number of anilines is 1. The molecule has 3 N–H and O–H groups in total. The molecule has 0 atom stereocenters. The second kappa shape index (κ2) is 14.1. The molecule has 0 heterocycles. The number of halogens is 5. The number of carbonyl (C=O) groups excluding carboxylic acids is 1. The zero-order chi connectivity index (χ0) is 31.1. The second-order valence-corrected chi connectivity index (χ2v) is 9.03. The summed E-state index contributed by atoms with van der Waals surface area (Å²) in [5.74, 6) is -6.73. The average Bonchev–Trinajstić information content (AvgIpc) is 2.98. The maximum absolute atomic E-state index is 14.9. The molecule has 0 fully saturated rings. The van der Waals surface area contributed by atoms with E-state index in [-0.39, 0.29) is 30.1 Å². The number of aliphatic imine (C=N–C) groups is 1. The number of nitrogens with one attached hydrogen (secondary N) is 1. The van der Waals surface area contributed by atoms with Crippen molar-refractivity contribution < 1.29 is 46.8 Å². The third-order valence-corrected chi connectivity index (χ3v) is 6.46. The van der Waals surface area contributed by atoms with Crippen LogP contribution in [0.25, 0.3) is 5.76 Å². The van der Waals surface area contributed by atoms with Crippen LogP contribution in [0, 0.1) is 30.2 Å². The summed E-state index contributed by atoms with van der Waals surface area (Å²) < 4.78 is 73.4. The minimum atomic E-state index is -1.67. The lowest BCUT2D eigenvalue weighted by Crippen LogP contribution is -2.13. The normalized spacial score (nSPS) is 11.9. The number of hydrogen-bond donors (Lipinski definition) is 3. The summed E-state index contributed by atoms with van der Waals surface area (Å²) >= 11 is 5.54. The number of aliphatic hydroxyl groups is 2. The maximum atomic E-state index is 14.9. The summed E-state index contributed by atoms with van der Waals surface area (Å²) in [7, 11) is 2.97. The van der Waals surface area contributed by atoms with Gasteiger partial charge >= 0.3 is 5.97 Å². The Hall–Kier alpha value is -4.29. The van der Waals surface area contributed by atoms with E-state index in [4.69, 9.17) is 25.8 Å². The van der Waals surface area contributed by atoms with Gasteiger partial charge in [0, 0.05) is 35.5 Å². The van der Waals surface area contributed by atoms with Crippen molar-refractivity contribution in [2.75, 3.05) is 26.1 Å². The first-order chi connectivity index (χ1) is 20.0. The van der Waals surface area contributed by atoms with Crippen LogP contribution < -0.4 is 14.8 Å². The quantitative estimate of drug-likeness (QED) is 0.0429. The second-order valence-electron chi connectivity index (χ2n) is 8.65. The molecule has 0 bridgehead atoms. The number of benzene rings is 3. The fraction of sp³-hybridized carbons (Fsp3) is 0.241. The third kappa shape index (κ3) is 6.77. The highest BCUT2D eigenvalue weighted by Gasteiger charge is 2.27. The molecule has 0 aliphatic rings.